The van der Waals surface area contributed by atoms with Gasteiger partial charge in [-0.1, -0.05) is 179 Å². The van der Waals surface area contributed by atoms with E-state index in [9.17, 15) is 28.8 Å². The number of amides is 6. The van der Waals surface area contributed by atoms with Gasteiger partial charge in [-0.05, 0) is 469 Å². The lowest BCUT2D eigenvalue weighted by Crippen LogP contribution is -2.54. The molecule has 144 heavy (non-hydrogen) atoms. The lowest BCUT2D eigenvalue weighted by molar-refractivity contribution is -0.134. The van der Waals surface area contributed by atoms with Crippen LogP contribution in [-0.4, -0.2) is 126 Å². The van der Waals surface area contributed by atoms with Crippen molar-refractivity contribution in [3.63, 3.8) is 0 Å². The summed E-state index contributed by atoms with van der Waals surface area (Å²) in [7, 11) is 3.76. The SMILES string of the molecule is CCCCCN(C)C(=O)OC12CC3CC(CC(C3)C1)C2.CCCCN(C)C(=O)OC12CC3CC(CC(C3)C1)C2.Cc1ccccc1-c1ccc(NC(=O)OC23CC4CC(CC(C4)C2)C3)cc1.Cc1ccccc1-c1ccc(NC(=O)OC23CC4CC(CC(C4)C2)C3)cc1.O=C(Nc1ccc(-c2ccccc2)cc1)OC1C2CC3CC(C2)CC1C3.O=C(OC12CC3CC(CC(C3)C1)C2)N1CCC(c2ccccc2)CC1. The number of ether oxygens (including phenoxy) is 6. The minimum Gasteiger partial charge on any atom is -0.445 e. The molecule has 7 aromatic carbocycles. The Labute approximate surface area is 858 Å². The van der Waals surface area contributed by atoms with Crippen molar-refractivity contribution in [2.75, 3.05) is 56.2 Å². The van der Waals surface area contributed by atoms with Crippen molar-refractivity contribution < 1.29 is 57.2 Å². The molecule has 32 rings (SSSR count). The number of likely N-dealkylation sites (tertiary alicyclic amines) is 1. The third-order valence-electron chi connectivity index (χ3n) is 38.8. The molecular weight excluding hydrogens is 1790 g/mol. The minimum absolute atomic E-state index is 0.0338. The number of rotatable bonds is 20. The summed E-state index contributed by atoms with van der Waals surface area (Å²) < 4.78 is 36.2. The van der Waals surface area contributed by atoms with E-state index in [2.05, 4.69) is 159 Å². The molecule has 0 aromatic heterocycles. The molecule has 18 heteroatoms. The second kappa shape index (κ2) is 43.5. The van der Waals surface area contributed by atoms with Crippen molar-refractivity contribution in [1.82, 2.24) is 14.7 Å². The molecule has 25 aliphatic rings. The lowest BCUT2D eigenvalue weighted by Gasteiger charge is -2.56. The van der Waals surface area contributed by atoms with Crippen LogP contribution in [0.4, 0.5) is 45.8 Å². The number of nitrogens with zero attached hydrogens (tertiary/aromatic N) is 3. The van der Waals surface area contributed by atoms with Crippen molar-refractivity contribution >= 4 is 53.6 Å². The first-order valence-electron chi connectivity index (χ1n) is 57.2. The van der Waals surface area contributed by atoms with Gasteiger partial charge in [-0.25, -0.2) is 28.8 Å². The number of hydrogen-bond donors (Lipinski definition) is 3. The maximum Gasteiger partial charge on any atom is 0.412 e. The van der Waals surface area contributed by atoms with Crippen LogP contribution in [0.15, 0.2) is 182 Å². The highest BCUT2D eigenvalue weighted by molar-refractivity contribution is 5.87. The summed E-state index contributed by atoms with van der Waals surface area (Å²) in [5, 5.41) is 8.82. The number of aryl methyl sites for hydroxylation is 2. The molecule has 770 valence electrons. The van der Waals surface area contributed by atoms with Crippen molar-refractivity contribution in [2.24, 2.45) is 112 Å². The molecule has 7 aromatic rings. The summed E-state index contributed by atoms with van der Waals surface area (Å²) in [6, 6.07) is 61.7. The summed E-state index contributed by atoms with van der Waals surface area (Å²) in [5.41, 5.74) is 12.7. The molecule has 0 unspecified atom stereocenters. The molecule has 25 fully saturated rings. The fourth-order valence-electron chi connectivity index (χ4n) is 34.5. The predicted molar refractivity (Wildman–Crippen MR) is 570 cm³/mol. The number of hydrogen-bond acceptors (Lipinski definition) is 12. The number of nitrogens with one attached hydrogen (secondary N) is 3. The van der Waals surface area contributed by atoms with E-state index in [4.69, 9.17) is 28.4 Å². The Balaban J connectivity index is 0.000000102. The van der Waals surface area contributed by atoms with E-state index >= 15 is 0 Å². The molecule has 6 amide bonds. The average molecular weight is 1950 g/mol. The highest BCUT2D eigenvalue weighted by atomic mass is 16.6. The zero-order chi connectivity index (χ0) is 98.9. The summed E-state index contributed by atoms with van der Waals surface area (Å²) in [6.45, 7) is 11.9. The smallest absolute Gasteiger partial charge is 0.412 e. The zero-order valence-electron chi connectivity index (χ0n) is 87.2. The van der Waals surface area contributed by atoms with Crippen LogP contribution in [0, 0.1) is 126 Å². The first kappa shape index (κ1) is 100. The van der Waals surface area contributed by atoms with Gasteiger partial charge in [0.15, 0.2) is 0 Å². The molecule has 1 heterocycles. The number of piperidine rings is 1. The van der Waals surface area contributed by atoms with E-state index in [0.29, 0.717) is 17.8 Å². The van der Waals surface area contributed by atoms with Gasteiger partial charge >= 0.3 is 36.6 Å². The van der Waals surface area contributed by atoms with Gasteiger partial charge in [0.05, 0.1) is 0 Å². The molecule has 24 saturated carbocycles. The van der Waals surface area contributed by atoms with Crippen LogP contribution in [0.2, 0.25) is 0 Å². The van der Waals surface area contributed by atoms with Gasteiger partial charge in [-0.3, -0.25) is 16.0 Å². The van der Waals surface area contributed by atoms with Gasteiger partial charge in [-0.2, -0.15) is 0 Å². The summed E-state index contributed by atoms with van der Waals surface area (Å²) in [6.07, 6.45) is 50.5. The number of carbonyl (C=O) groups excluding carboxylic acids is 6. The Morgan fingerprint density at radius 1 is 0.306 bits per heavy atom. The molecule has 0 atom stereocenters. The van der Waals surface area contributed by atoms with Crippen LogP contribution in [0.1, 0.15) is 306 Å². The highest BCUT2D eigenvalue weighted by Gasteiger charge is 2.60. The molecule has 1 saturated heterocycles. The Bertz CT molecular complexity index is 5210. The quantitative estimate of drug-likeness (QED) is 0.0482. The van der Waals surface area contributed by atoms with Gasteiger partial charge in [0.2, 0.25) is 0 Å². The van der Waals surface area contributed by atoms with E-state index in [1.54, 1.807) is 9.80 Å². The van der Waals surface area contributed by atoms with Crippen LogP contribution in [0.3, 0.4) is 0 Å². The molecule has 0 radical (unpaired) electrons. The Kier molecular flexibility index (Phi) is 30.3. The van der Waals surface area contributed by atoms with Gasteiger partial charge in [0.25, 0.3) is 0 Å². The fraction of sp³-hybridized carbons (Fsp3) is 0.619. The predicted octanol–water partition coefficient (Wildman–Crippen LogP) is 31.1. The third-order valence-corrected chi connectivity index (χ3v) is 38.8. The van der Waals surface area contributed by atoms with Crippen molar-refractivity contribution in [1.29, 1.82) is 0 Å². The Hall–Kier alpha value is -9.84. The van der Waals surface area contributed by atoms with Gasteiger partial charge < -0.3 is 43.1 Å². The van der Waals surface area contributed by atoms with Crippen LogP contribution in [0.5, 0.6) is 0 Å². The van der Waals surface area contributed by atoms with Crippen LogP contribution >= 0.6 is 0 Å². The average Bonchev–Trinajstić information content (AvgIpc) is 0.755. The minimum atomic E-state index is -0.296. The topological polar surface area (TPSA) is 204 Å². The maximum atomic E-state index is 12.8. The molecular formula is C126H164N6O12. The second-order valence-electron chi connectivity index (χ2n) is 50.4. The molecule has 0 spiro atoms. The Morgan fingerprint density at radius 3 is 0.931 bits per heavy atom. The monoisotopic (exact) mass is 1950 g/mol. The summed E-state index contributed by atoms with van der Waals surface area (Å²) in [5.74, 6) is 15.7. The van der Waals surface area contributed by atoms with Gasteiger partial charge in [-0.15, -0.1) is 0 Å². The fourth-order valence-corrected chi connectivity index (χ4v) is 34.5. The highest BCUT2D eigenvalue weighted by Crippen LogP contribution is 2.64. The molecule has 3 N–H and O–H groups in total. The summed E-state index contributed by atoms with van der Waals surface area (Å²) >= 11 is 0. The first-order chi connectivity index (χ1) is 69.8. The summed E-state index contributed by atoms with van der Waals surface area (Å²) in [4.78, 5) is 80.5. The molecule has 24 bridgehead atoms. The largest absolute Gasteiger partial charge is 0.445 e. The molecule has 1 aliphatic heterocycles. The Morgan fingerprint density at radius 2 is 0.590 bits per heavy atom. The van der Waals surface area contributed by atoms with E-state index in [0.717, 1.165) is 289 Å². The van der Waals surface area contributed by atoms with Gasteiger partial charge in [0.1, 0.15) is 34.1 Å². The normalized spacial score (nSPS) is 34.2. The maximum absolute atomic E-state index is 12.8. The first-order valence-corrected chi connectivity index (χ1v) is 57.2. The van der Waals surface area contributed by atoms with Crippen molar-refractivity contribution in [2.45, 2.75) is 337 Å². The second-order valence-corrected chi connectivity index (χ2v) is 50.4. The van der Waals surface area contributed by atoms with Crippen LogP contribution in [-0.2, 0) is 28.4 Å². The zero-order valence-corrected chi connectivity index (χ0v) is 87.2. The third kappa shape index (κ3) is 23.8. The van der Waals surface area contributed by atoms with Gasteiger partial charge in [0, 0.05) is 57.3 Å². The molecule has 24 aliphatic carbocycles. The van der Waals surface area contributed by atoms with E-state index < -0.39 is 0 Å². The molecule has 18 nitrogen and oxygen atoms in total. The van der Waals surface area contributed by atoms with E-state index in [1.807, 2.05) is 85.7 Å². The standard InChI is InChI=1S/2C24H27NO2.C23H25NO2.C22H29NO2.C17H29NO2.C16H27NO2/c2*1-16-4-2-3-5-22(16)20-6-8-21(9-7-20)25-23(26)27-24-13-17-10-18(14-24)12-19(11-17)15-24;25-23(26-22-19-11-15-10-16(13-19)14-20(22)12-15)24-21-8-6-18(7-9-21)17-4-2-1-3-5-17;24-21(23-8-6-20(7-9-23)19-4-2-1-3-5-19)25-22-13-16-10-17(14-22)12-18(11-16)15-22;1-3-4-5-6-18(2)16(19)20-17-10-13-7-14(11-17)9-15(8-13)12-17;1-3-4-5-17(2)15(18)19-16-9-12-6-13(10-16)8-14(7-12)11-16/h2*2-9,17-19H,10-15H2,1H3,(H,25,26);1-9,15-16,19-20,22H,10-14H2,(H,24,25);1-5,16-18,20H,6-15H2;13-15H,3-12H2,1-2H3;12-14H,3-11H2,1-2H3. The van der Waals surface area contributed by atoms with E-state index in [1.165, 1.54) is 175 Å². The lowest BCUT2D eigenvalue weighted by atomic mass is 9.54. The van der Waals surface area contributed by atoms with Crippen molar-refractivity contribution in [3.05, 3.63) is 199 Å². The number of benzene rings is 7. The number of anilines is 3. The van der Waals surface area contributed by atoms with Crippen LogP contribution in [0.25, 0.3) is 33.4 Å². The number of carbonyl (C=O) groups is 6. The number of unbranched alkanes of at least 4 members (excludes halogenated alkanes) is 3. The van der Waals surface area contributed by atoms with Crippen LogP contribution < -0.4 is 16.0 Å². The van der Waals surface area contributed by atoms with Crippen molar-refractivity contribution in [3.8, 4) is 33.4 Å². The van der Waals surface area contributed by atoms with E-state index in [-0.39, 0.29) is 70.7 Å².